The molecule has 3 unspecified atom stereocenters. The summed E-state index contributed by atoms with van der Waals surface area (Å²) < 4.78 is 11.3. The van der Waals surface area contributed by atoms with Crippen molar-refractivity contribution in [1.29, 1.82) is 0 Å². The summed E-state index contributed by atoms with van der Waals surface area (Å²) in [5.74, 6) is 0.243. The quantitative estimate of drug-likeness (QED) is 0.362. The van der Waals surface area contributed by atoms with Crippen LogP contribution in [0, 0.1) is 11.8 Å². The van der Waals surface area contributed by atoms with E-state index in [1.807, 2.05) is 13.0 Å². The topological polar surface area (TPSA) is 55.8 Å². The fourth-order valence-electron chi connectivity index (χ4n) is 3.41. The van der Waals surface area contributed by atoms with Crippen molar-refractivity contribution < 1.29 is 19.1 Å². The summed E-state index contributed by atoms with van der Waals surface area (Å²) in [7, 11) is 0. The van der Waals surface area contributed by atoms with E-state index in [4.69, 9.17) is 9.47 Å². The zero-order valence-electron chi connectivity index (χ0n) is 18.2. The molecule has 2 fully saturated rings. The molecule has 1 amide bonds. The second-order valence-electron chi connectivity index (χ2n) is 8.15. The largest absolute Gasteiger partial charge is 0.496 e. The molecule has 0 aromatic heterocycles. The molecular weight excluding hydrogens is 354 g/mol. The van der Waals surface area contributed by atoms with Gasteiger partial charge in [-0.1, -0.05) is 40.3 Å². The Balaban J connectivity index is 0.000000892. The van der Waals surface area contributed by atoms with Crippen molar-refractivity contribution in [3.63, 3.8) is 0 Å². The van der Waals surface area contributed by atoms with Crippen molar-refractivity contribution in [2.24, 2.45) is 11.8 Å². The average molecular weight is 394 g/mol. The Bertz CT molecular complexity index is 529. The molecule has 0 aromatic rings. The Morgan fingerprint density at radius 1 is 1.25 bits per heavy atom. The van der Waals surface area contributed by atoms with Gasteiger partial charge in [-0.25, -0.2) is 0 Å². The van der Waals surface area contributed by atoms with E-state index in [0.717, 1.165) is 38.5 Å². The number of carbonyl (C=O) groups excluding carboxylic acids is 2. The van der Waals surface area contributed by atoms with Crippen LogP contribution in [0.25, 0.3) is 0 Å². The minimum atomic E-state index is -0.598. The summed E-state index contributed by atoms with van der Waals surface area (Å²) >= 11 is 0. The SMILES string of the molecule is C=C(OCC(C)C)C1CCCCN1C(=O)C(=O)C1OCCCC1C.C=CCC. The highest BCUT2D eigenvalue weighted by molar-refractivity contribution is 6.38. The van der Waals surface area contributed by atoms with Crippen LogP contribution in [0.15, 0.2) is 25.0 Å². The predicted molar refractivity (Wildman–Crippen MR) is 113 cm³/mol. The Kier molecular flexibility index (Phi) is 11.1. The molecule has 5 nitrogen and oxygen atoms in total. The smallest absolute Gasteiger partial charge is 0.293 e. The van der Waals surface area contributed by atoms with Gasteiger partial charge in [0.05, 0.1) is 12.6 Å². The van der Waals surface area contributed by atoms with Gasteiger partial charge in [0.25, 0.3) is 5.91 Å². The molecule has 0 aliphatic carbocycles. The van der Waals surface area contributed by atoms with Crippen LogP contribution in [0.1, 0.15) is 66.2 Å². The predicted octanol–water partition coefficient (Wildman–Crippen LogP) is 4.52. The minimum absolute atomic E-state index is 0.0961. The first-order valence-electron chi connectivity index (χ1n) is 10.7. The standard InChI is InChI=1S/C19H31NO4.C4H8/c1-13(2)12-24-15(4)16-9-5-6-10-20(16)19(22)17(21)18-14(3)8-7-11-23-18;1-3-4-2/h13-14,16,18H,4-12H2,1-3H3;3H,1,4H2,2H3. The number of likely N-dealkylation sites (tertiary alicyclic amines) is 1. The maximum atomic E-state index is 12.8. The van der Waals surface area contributed by atoms with E-state index in [9.17, 15) is 9.59 Å². The highest BCUT2D eigenvalue weighted by Gasteiger charge is 2.39. The molecular formula is C23H39NO4. The molecule has 0 N–H and O–H groups in total. The molecule has 2 saturated heterocycles. The van der Waals surface area contributed by atoms with Gasteiger partial charge in [-0.2, -0.15) is 0 Å². The van der Waals surface area contributed by atoms with E-state index in [1.165, 1.54) is 0 Å². The first-order valence-corrected chi connectivity index (χ1v) is 10.7. The molecule has 2 heterocycles. The summed E-state index contributed by atoms with van der Waals surface area (Å²) in [6, 6.07) is -0.201. The Labute approximate surface area is 171 Å². The molecule has 0 radical (unpaired) electrons. The molecule has 5 heteroatoms. The zero-order chi connectivity index (χ0) is 21.1. The van der Waals surface area contributed by atoms with Gasteiger partial charge in [-0.3, -0.25) is 9.59 Å². The van der Waals surface area contributed by atoms with Crippen molar-refractivity contribution in [1.82, 2.24) is 4.90 Å². The number of carbonyl (C=O) groups is 2. The number of nitrogens with zero attached hydrogens (tertiary/aromatic N) is 1. The van der Waals surface area contributed by atoms with E-state index < -0.39 is 17.8 Å². The highest BCUT2D eigenvalue weighted by atomic mass is 16.5. The van der Waals surface area contributed by atoms with Crippen molar-refractivity contribution in [3.05, 3.63) is 25.0 Å². The first-order chi connectivity index (χ1) is 13.3. The van der Waals surface area contributed by atoms with Crippen molar-refractivity contribution in [2.45, 2.75) is 78.4 Å². The van der Waals surface area contributed by atoms with Gasteiger partial charge in [0.15, 0.2) is 0 Å². The van der Waals surface area contributed by atoms with Crippen molar-refractivity contribution >= 4 is 11.7 Å². The summed E-state index contributed by atoms with van der Waals surface area (Å²) in [6.07, 6.45) is 6.97. The van der Waals surface area contributed by atoms with Crippen molar-refractivity contribution in [2.75, 3.05) is 19.8 Å². The molecule has 2 aliphatic rings. The molecule has 0 bridgehead atoms. The normalized spacial score (nSPS) is 24.8. The number of allylic oxidation sites excluding steroid dienone is 1. The fourth-order valence-corrected chi connectivity index (χ4v) is 3.41. The second kappa shape index (κ2) is 12.8. The van der Waals surface area contributed by atoms with Crippen LogP contribution in [-0.4, -0.2) is 48.5 Å². The number of hydrogen-bond acceptors (Lipinski definition) is 4. The average Bonchev–Trinajstić information content (AvgIpc) is 2.71. The van der Waals surface area contributed by atoms with Gasteiger partial charge < -0.3 is 14.4 Å². The molecule has 2 aliphatic heterocycles. The molecule has 28 heavy (non-hydrogen) atoms. The van der Waals surface area contributed by atoms with Gasteiger partial charge in [0, 0.05) is 13.2 Å². The third-order valence-corrected chi connectivity index (χ3v) is 5.11. The number of ether oxygens (including phenoxy) is 2. The van der Waals surface area contributed by atoms with E-state index in [1.54, 1.807) is 4.90 Å². The van der Waals surface area contributed by atoms with Gasteiger partial charge >= 0.3 is 0 Å². The van der Waals surface area contributed by atoms with Crippen LogP contribution in [0.3, 0.4) is 0 Å². The van der Waals surface area contributed by atoms with Crippen LogP contribution < -0.4 is 0 Å². The Morgan fingerprint density at radius 2 is 1.93 bits per heavy atom. The number of amides is 1. The molecule has 3 atom stereocenters. The van der Waals surface area contributed by atoms with Crippen molar-refractivity contribution in [3.8, 4) is 0 Å². The number of rotatable bonds is 7. The number of hydrogen-bond donors (Lipinski definition) is 0. The van der Waals surface area contributed by atoms with Crippen LogP contribution in [0.4, 0.5) is 0 Å². The number of ketones is 1. The van der Waals surface area contributed by atoms with E-state index in [2.05, 4.69) is 33.9 Å². The Hall–Kier alpha value is -1.62. The van der Waals surface area contributed by atoms with Crippen LogP contribution in [0.2, 0.25) is 0 Å². The van der Waals surface area contributed by atoms with E-state index in [-0.39, 0.29) is 12.0 Å². The maximum absolute atomic E-state index is 12.8. The lowest BCUT2D eigenvalue weighted by Crippen LogP contribution is -2.52. The van der Waals surface area contributed by atoms with Gasteiger partial charge in [0.2, 0.25) is 5.78 Å². The molecule has 2 rings (SSSR count). The van der Waals surface area contributed by atoms with Crippen LogP contribution >= 0.6 is 0 Å². The maximum Gasteiger partial charge on any atom is 0.293 e. The summed E-state index contributed by atoms with van der Waals surface area (Å²) in [6.45, 7) is 17.4. The third-order valence-electron chi connectivity index (χ3n) is 5.11. The highest BCUT2D eigenvalue weighted by Crippen LogP contribution is 2.26. The molecule has 0 saturated carbocycles. The van der Waals surface area contributed by atoms with E-state index in [0.29, 0.717) is 31.4 Å². The number of piperidine rings is 1. The first kappa shape index (κ1) is 24.4. The lowest BCUT2D eigenvalue weighted by Gasteiger charge is -2.37. The zero-order valence-corrected chi connectivity index (χ0v) is 18.2. The van der Waals surface area contributed by atoms with Crippen LogP contribution in [0.5, 0.6) is 0 Å². The fraction of sp³-hybridized carbons (Fsp3) is 0.739. The summed E-state index contributed by atoms with van der Waals surface area (Å²) in [5.41, 5.74) is 0. The number of Topliss-reactive ketones (excluding diaryl/α,β-unsaturated/α-hetero) is 1. The van der Waals surface area contributed by atoms with Gasteiger partial charge in [0.1, 0.15) is 11.9 Å². The van der Waals surface area contributed by atoms with Gasteiger partial charge in [-0.15, -0.1) is 6.58 Å². The lowest BCUT2D eigenvalue weighted by atomic mass is 9.92. The summed E-state index contributed by atoms with van der Waals surface area (Å²) in [4.78, 5) is 27.1. The Morgan fingerprint density at radius 3 is 2.50 bits per heavy atom. The third kappa shape index (κ3) is 7.42. The van der Waals surface area contributed by atoms with E-state index >= 15 is 0 Å². The lowest BCUT2D eigenvalue weighted by molar-refractivity contribution is -0.156. The minimum Gasteiger partial charge on any atom is -0.496 e. The van der Waals surface area contributed by atoms with Gasteiger partial charge in [-0.05, 0) is 50.4 Å². The second-order valence-corrected chi connectivity index (χ2v) is 8.15. The van der Waals surface area contributed by atoms with Crippen LogP contribution in [-0.2, 0) is 19.1 Å². The molecule has 160 valence electrons. The molecule has 0 aromatic carbocycles. The monoisotopic (exact) mass is 393 g/mol. The molecule has 0 spiro atoms. The summed E-state index contributed by atoms with van der Waals surface area (Å²) in [5, 5.41) is 0.